The van der Waals surface area contributed by atoms with E-state index >= 15 is 4.39 Å². The van der Waals surface area contributed by atoms with Gasteiger partial charge in [-0.25, -0.2) is 4.39 Å². The number of rotatable bonds is 3. The molecule has 1 aliphatic heterocycles. The molecule has 2 aromatic heterocycles. The van der Waals surface area contributed by atoms with Crippen molar-refractivity contribution in [3.05, 3.63) is 46.5 Å². The summed E-state index contributed by atoms with van der Waals surface area (Å²) < 4.78 is 17.3. The Morgan fingerprint density at radius 1 is 1.46 bits per heavy atom. The number of piperidine rings is 1. The molecule has 1 saturated heterocycles. The Hall–Kier alpha value is -1.95. The molecule has 0 aromatic carbocycles. The molecule has 24 heavy (non-hydrogen) atoms. The number of pyridine rings is 1. The number of halogens is 2. The zero-order valence-corrected chi connectivity index (χ0v) is 14.6. The second-order valence-electron chi connectivity index (χ2n) is 6.20. The summed E-state index contributed by atoms with van der Waals surface area (Å²) in [6, 6.07) is 1.71. The number of amides is 1. The van der Waals surface area contributed by atoms with Crippen LogP contribution in [-0.4, -0.2) is 38.7 Å². The molecule has 128 valence electrons. The van der Waals surface area contributed by atoms with E-state index in [1.165, 1.54) is 12.4 Å². The molecule has 1 aliphatic rings. The third-order valence-electron chi connectivity index (χ3n) is 4.40. The molecule has 3 rings (SSSR count). The molecule has 0 radical (unpaired) electrons. The maximum Gasteiger partial charge on any atom is 0.257 e. The lowest BCUT2D eigenvalue weighted by atomic mass is 9.88. The van der Waals surface area contributed by atoms with Crippen LogP contribution in [0.4, 0.5) is 4.39 Å². The highest BCUT2D eigenvalue weighted by Crippen LogP contribution is 2.37. The molecule has 1 fully saturated rings. The van der Waals surface area contributed by atoms with Crippen LogP contribution in [0, 0.1) is 6.92 Å². The van der Waals surface area contributed by atoms with Crippen molar-refractivity contribution in [2.24, 2.45) is 0 Å². The summed E-state index contributed by atoms with van der Waals surface area (Å²) in [4.78, 5) is 18.4. The first-order valence-electron chi connectivity index (χ1n) is 8.06. The van der Waals surface area contributed by atoms with Gasteiger partial charge in [-0.05, 0) is 38.3 Å². The van der Waals surface area contributed by atoms with Crippen LogP contribution in [-0.2, 0) is 12.2 Å². The number of hydrogen-bond donors (Lipinski definition) is 0. The summed E-state index contributed by atoms with van der Waals surface area (Å²) in [7, 11) is 0. The van der Waals surface area contributed by atoms with Crippen molar-refractivity contribution in [2.75, 3.05) is 13.1 Å². The fourth-order valence-corrected chi connectivity index (χ4v) is 3.43. The van der Waals surface area contributed by atoms with Gasteiger partial charge < -0.3 is 4.90 Å². The molecule has 7 heteroatoms. The first-order chi connectivity index (χ1) is 11.4. The Bertz CT molecular complexity index is 763. The molecule has 0 aliphatic carbocycles. The van der Waals surface area contributed by atoms with E-state index in [2.05, 4.69) is 10.1 Å². The zero-order chi connectivity index (χ0) is 17.3. The fourth-order valence-electron chi connectivity index (χ4n) is 3.22. The average molecular weight is 351 g/mol. The molecule has 5 nitrogen and oxygen atoms in total. The molecular formula is C17H20ClFN4O. The van der Waals surface area contributed by atoms with Gasteiger partial charge >= 0.3 is 0 Å². The van der Waals surface area contributed by atoms with Crippen LogP contribution < -0.4 is 0 Å². The van der Waals surface area contributed by atoms with Gasteiger partial charge in [0.15, 0.2) is 5.67 Å². The van der Waals surface area contributed by atoms with Gasteiger partial charge in [-0.1, -0.05) is 11.6 Å². The van der Waals surface area contributed by atoms with Gasteiger partial charge in [0, 0.05) is 25.5 Å². The third-order valence-corrected chi connectivity index (χ3v) is 4.61. The van der Waals surface area contributed by atoms with Gasteiger partial charge in [-0.15, -0.1) is 0 Å². The van der Waals surface area contributed by atoms with Gasteiger partial charge in [0.2, 0.25) is 0 Å². The normalized spacial score (nSPS) is 21.1. The Kier molecular flexibility index (Phi) is 4.58. The summed E-state index contributed by atoms with van der Waals surface area (Å²) in [6.45, 7) is 4.96. The molecule has 0 spiro atoms. The van der Waals surface area contributed by atoms with Crippen LogP contribution in [0.2, 0.25) is 5.02 Å². The van der Waals surface area contributed by atoms with E-state index in [9.17, 15) is 4.79 Å². The van der Waals surface area contributed by atoms with Crippen molar-refractivity contribution >= 4 is 17.5 Å². The van der Waals surface area contributed by atoms with Crippen molar-refractivity contribution in [3.63, 3.8) is 0 Å². The minimum absolute atomic E-state index is 0.00138. The van der Waals surface area contributed by atoms with Crippen LogP contribution >= 0.6 is 11.6 Å². The standard InChI is InChI=1S/C17H20ClFN4O/c1-3-23-10-13(8-21-23)16(24)22-6-4-5-17(19,11-22)15-12(2)7-14(18)9-20-15/h7-10H,3-6,11H2,1-2H3. The van der Waals surface area contributed by atoms with Gasteiger partial charge in [0.05, 0.1) is 29.0 Å². The van der Waals surface area contributed by atoms with Crippen molar-refractivity contribution in [1.82, 2.24) is 19.7 Å². The van der Waals surface area contributed by atoms with Crippen molar-refractivity contribution in [1.29, 1.82) is 0 Å². The number of hydrogen-bond acceptors (Lipinski definition) is 3. The van der Waals surface area contributed by atoms with Gasteiger partial charge in [0.25, 0.3) is 5.91 Å². The lowest BCUT2D eigenvalue weighted by Gasteiger charge is -2.37. The molecule has 1 unspecified atom stereocenters. The smallest absolute Gasteiger partial charge is 0.257 e. The summed E-state index contributed by atoms with van der Waals surface area (Å²) in [5.41, 5.74) is -0.0859. The van der Waals surface area contributed by atoms with Crippen molar-refractivity contribution in [2.45, 2.75) is 38.9 Å². The third kappa shape index (κ3) is 3.15. The molecule has 0 N–H and O–H groups in total. The van der Waals surface area contributed by atoms with E-state index in [-0.39, 0.29) is 12.5 Å². The molecular weight excluding hydrogens is 331 g/mol. The number of carbonyl (C=O) groups is 1. The van der Waals surface area contributed by atoms with Gasteiger partial charge in [0.1, 0.15) is 0 Å². The highest BCUT2D eigenvalue weighted by Gasteiger charge is 2.41. The Balaban J connectivity index is 1.84. The number of likely N-dealkylation sites (tertiary alicyclic amines) is 1. The highest BCUT2D eigenvalue weighted by atomic mass is 35.5. The second-order valence-corrected chi connectivity index (χ2v) is 6.64. The highest BCUT2D eigenvalue weighted by molar-refractivity contribution is 6.30. The first-order valence-corrected chi connectivity index (χ1v) is 8.44. The predicted molar refractivity (Wildman–Crippen MR) is 89.8 cm³/mol. The second kappa shape index (κ2) is 6.51. The average Bonchev–Trinajstić information content (AvgIpc) is 3.03. The minimum atomic E-state index is -1.65. The molecule has 0 saturated carbocycles. The van der Waals surface area contributed by atoms with E-state index in [1.807, 2.05) is 6.92 Å². The number of alkyl halides is 1. The van der Waals surface area contributed by atoms with Crippen LogP contribution in [0.1, 0.15) is 41.4 Å². The van der Waals surface area contributed by atoms with Crippen LogP contribution in [0.3, 0.4) is 0 Å². The largest absolute Gasteiger partial charge is 0.335 e. The van der Waals surface area contributed by atoms with Crippen LogP contribution in [0.15, 0.2) is 24.7 Å². The number of nitrogens with zero attached hydrogens (tertiary/aromatic N) is 4. The maximum atomic E-state index is 15.6. The quantitative estimate of drug-likeness (QED) is 0.852. The van der Waals surface area contributed by atoms with E-state index in [4.69, 9.17) is 11.6 Å². The number of aryl methyl sites for hydroxylation is 2. The Labute approximate surface area is 145 Å². The monoisotopic (exact) mass is 350 g/mol. The van der Waals surface area contributed by atoms with E-state index in [0.29, 0.717) is 47.8 Å². The van der Waals surface area contributed by atoms with E-state index in [1.54, 1.807) is 28.8 Å². The molecule has 2 aromatic rings. The zero-order valence-electron chi connectivity index (χ0n) is 13.8. The topological polar surface area (TPSA) is 51.0 Å². The number of carbonyl (C=O) groups excluding carboxylic acids is 1. The molecule has 1 atom stereocenters. The first kappa shape index (κ1) is 16.9. The lowest BCUT2D eigenvalue weighted by molar-refractivity contribution is 0.0301. The molecule has 0 bridgehead atoms. The fraction of sp³-hybridized carbons (Fsp3) is 0.471. The van der Waals surface area contributed by atoms with Crippen LogP contribution in [0.25, 0.3) is 0 Å². The summed E-state index contributed by atoms with van der Waals surface area (Å²) in [5.74, 6) is -0.192. The van der Waals surface area contributed by atoms with Gasteiger partial charge in [-0.3, -0.25) is 14.5 Å². The van der Waals surface area contributed by atoms with Crippen LogP contribution in [0.5, 0.6) is 0 Å². The Morgan fingerprint density at radius 2 is 2.25 bits per heavy atom. The lowest BCUT2D eigenvalue weighted by Crippen LogP contribution is -2.47. The maximum absolute atomic E-state index is 15.6. The van der Waals surface area contributed by atoms with E-state index in [0.717, 1.165) is 0 Å². The summed E-state index contributed by atoms with van der Waals surface area (Å²) >= 11 is 5.92. The van der Waals surface area contributed by atoms with Crippen molar-refractivity contribution in [3.8, 4) is 0 Å². The van der Waals surface area contributed by atoms with Crippen molar-refractivity contribution < 1.29 is 9.18 Å². The summed E-state index contributed by atoms with van der Waals surface area (Å²) in [5, 5.41) is 4.60. The van der Waals surface area contributed by atoms with Gasteiger partial charge in [-0.2, -0.15) is 5.10 Å². The molecule has 1 amide bonds. The number of aromatic nitrogens is 3. The SMILES string of the molecule is CCn1cc(C(=O)N2CCCC(F)(c3ncc(Cl)cc3C)C2)cn1. The molecule has 3 heterocycles. The summed E-state index contributed by atoms with van der Waals surface area (Å²) in [6.07, 6.45) is 5.63. The Morgan fingerprint density at radius 3 is 2.92 bits per heavy atom. The van der Waals surface area contributed by atoms with E-state index < -0.39 is 5.67 Å². The minimum Gasteiger partial charge on any atom is -0.335 e. The predicted octanol–water partition coefficient (Wildman–Crippen LogP) is 3.36.